The largest absolute Gasteiger partial charge is 0.301 e. The molecule has 0 saturated carbocycles. The van der Waals surface area contributed by atoms with E-state index in [1.165, 1.54) is 64.8 Å². The normalized spacial score (nSPS) is 47.0. The zero-order valence-corrected chi connectivity index (χ0v) is 10.0. The Kier molecular flexibility index (Phi) is 2.52. The number of likely N-dealkylation sites (tertiary alicyclic amines) is 1. The lowest BCUT2D eigenvalue weighted by Gasteiger charge is -2.57. The van der Waals surface area contributed by atoms with Crippen molar-refractivity contribution in [2.45, 2.75) is 44.6 Å². The first-order valence-corrected chi connectivity index (χ1v) is 6.76. The van der Waals surface area contributed by atoms with Gasteiger partial charge in [0.1, 0.15) is 0 Å². The van der Waals surface area contributed by atoms with E-state index in [1.807, 2.05) is 0 Å². The minimum Gasteiger partial charge on any atom is -0.301 e. The van der Waals surface area contributed by atoms with Crippen LogP contribution >= 0.6 is 0 Å². The Labute approximate surface area is 93.6 Å². The van der Waals surface area contributed by atoms with Gasteiger partial charge in [0, 0.05) is 12.1 Å². The third kappa shape index (κ3) is 1.62. The van der Waals surface area contributed by atoms with E-state index < -0.39 is 0 Å². The molecule has 0 radical (unpaired) electrons. The molecule has 0 N–H and O–H groups in total. The maximum Gasteiger partial charge on any atom is 0.0337 e. The van der Waals surface area contributed by atoms with Crippen LogP contribution in [0.3, 0.4) is 0 Å². The third-order valence-electron chi connectivity index (χ3n) is 5.09. The smallest absolute Gasteiger partial charge is 0.0337 e. The lowest BCUT2D eigenvalue weighted by molar-refractivity contribution is -0.0682. The Morgan fingerprint density at radius 2 is 1.60 bits per heavy atom. The van der Waals surface area contributed by atoms with Gasteiger partial charge in [-0.05, 0) is 64.7 Å². The summed E-state index contributed by atoms with van der Waals surface area (Å²) in [4.78, 5) is 5.50. The van der Waals surface area contributed by atoms with Crippen molar-refractivity contribution in [2.24, 2.45) is 5.92 Å². The van der Waals surface area contributed by atoms with Crippen molar-refractivity contribution in [1.82, 2.24) is 9.80 Å². The zero-order chi connectivity index (χ0) is 10.3. The maximum atomic E-state index is 2.81. The number of fused-ring (bicyclic) bond motifs is 3. The molecule has 0 aromatic rings. The van der Waals surface area contributed by atoms with Gasteiger partial charge in [-0.25, -0.2) is 0 Å². The van der Waals surface area contributed by atoms with Crippen molar-refractivity contribution in [3.8, 4) is 0 Å². The van der Waals surface area contributed by atoms with Crippen LogP contribution in [0.15, 0.2) is 0 Å². The molecule has 2 heteroatoms. The predicted octanol–water partition coefficient (Wildman–Crippen LogP) is 1.96. The summed E-state index contributed by atoms with van der Waals surface area (Å²) in [6.07, 6.45) is 7.23. The Morgan fingerprint density at radius 3 is 2.13 bits per heavy atom. The van der Waals surface area contributed by atoms with E-state index >= 15 is 0 Å². The van der Waals surface area contributed by atoms with Crippen molar-refractivity contribution >= 4 is 0 Å². The van der Waals surface area contributed by atoms with E-state index in [9.17, 15) is 0 Å². The lowest BCUT2D eigenvalue weighted by atomic mass is 9.72. The number of piperidine rings is 4. The minimum atomic E-state index is 0.525. The zero-order valence-electron chi connectivity index (χ0n) is 10.0. The van der Waals surface area contributed by atoms with Crippen LogP contribution in [0.5, 0.6) is 0 Å². The second kappa shape index (κ2) is 3.74. The van der Waals surface area contributed by atoms with E-state index in [0.717, 1.165) is 5.92 Å². The molecule has 4 aliphatic heterocycles. The van der Waals surface area contributed by atoms with Crippen LogP contribution in [0.2, 0.25) is 0 Å². The molecule has 0 aromatic carbocycles. The molecule has 0 spiro atoms. The highest BCUT2D eigenvalue weighted by molar-refractivity contribution is 5.02. The molecule has 4 fully saturated rings. The van der Waals surface area contributed by atoms with Crippen molar-refractivity contribution in [2.75, 3.05) is 32.7 Å². The SMILES string of the molecule is CC1(N2CCCCC2)CN2CCC1CC2. The first kappa shape index (κ1) is 10.1. The molecule has 0 amide bonds. The summed E-state index contributed by atoms with van der Waals surface area (Å²) >= 11 is 0. The van der Waals surface area contributed by atoms with Gasteiger partial charge in [0.2, 0.25) is 0 Å². The van der Waals surface area contributed by atoms with Crippen molar-refractivity contribution < 1.29 is 0 Å². The molecule has 1 unspecified atom stereocenters. The van der Waals surface area contributed by atoms with Crippen molar-refractivity contribution in [3.63, 3.8) is 0 Å². The molecular weight excluding hydrogens is 184 g/mol. The summed E-state index contributed by atoms with van der Waals surface area (Å²) < 4.78 is 0. The van der Waals surface area contributed by atoms with Gasteiger partial charge in [0.05, 0.1) is 0 Å². The van der Waals surface area contributed by atoms with E-state index in [-0.39, 0.29) is 0 Å². The molecule has 4 rings (SSSR count). The number of hydrogen-bond donors (Lipinski definition) is 0. The summed E-state index contributed by atoms with van der Waals surface area (Å²) in [5.41, 5.74) is 0.525. The Bertz CT molecular complexity index is 227. The molecule has 0 aliphatic carbocycles. The molecule has 0 aromatic heterocycles. The van der Waals surface area contributed by atoms with Gasteiger partial charge in [-0.2, -0.15) is 0 Å². The fraction of sp³-hybridized carbons (Fsp3) is 1.00. The predicted molar refractivity (Wildman–Crippen MR) is 63.0 cm³/mol. The van der Waals surface area contributed by atoms with E-state index in [0.29, 0.717) is 5.54 Å². The molecule has 1 atom stereocenters. The quantitative estimate of drug-likeness (QED) is 0.650. The van der Waals surface area contributed by atoms with Crippen molar-refractivity contribution in [1.29, 1.82) is 0 Å². The molecule has 4 aliphatic rings. The van der Waals surface area contributed by atoms with Crippen LogP contribution in [0.1, 0.15) is 39.0 Å². The first-order chi connectivity index (χ1) is 7.29. The third-order valence-corrected chi connectivity index (χ3v) is 5.09. The van der Waals surface area contributed by atoms with E-state index in [1.54, 1.807) is 0 Å². The van der Waals surface area contributed by atoms with Gasteiger partial charge in [-0.3, -0.25) is 4.90 Å². The summed E-state index contributed by atoms with van der Waals surface area (Å²) in [7, 11) is 0. The van der Waals surface area contributed by atoms with E-state index in [2.05, 4.69) is 16.7 Å². The van der Waals surface area contributed by atoms with Crippen LogP contribution < -0.4 is 0 Å². The van der Waals surface area contributed by atoms with Crippen LogP contribution in [0, 0.1) is 5.92 Å². The van der Waals surface area contributed by atoms with Gasteiger partial charge in [0.25, 0.3) is 0 Å². The second-order valence-corrected chi connectivity index (χ2v) is 5.96. The Hall–Kier alpha value is -0.0800. The molecule has 4 saturated heterocycles. The molecule has 86 valence electrons. The minimum absolute atomic E-state index is 0.525. The monoisotopic (exact) mass is 208 g/mol. The second-order valence-electron chi connectivity index (χ2n) is 5.96. The molecular formula is C13H24N2. The van der Waals surface area contributed by atoms with Gasteiger partial charge in [-0.15, -0.1) is 0 Å². The lowest BCUT2D eigenvalue weighted by Crippen LogP contribution is -2.66. The summed E-state index contributed by atoms with van der Waals surface area (Å²) in [5, 5.41) is 0. The first-order valence-electron chi connectivity index (χ1n) is 6.76. The number of hydrogen-bond acceptors (Lipinski definition) is 2. The van der Waals surface area contributed by atoms with Gasteiger partial charge in [0.15, 0.2) is 0 Å². The van der Waals surface area contributed by atoms with Crippen LogP contribution in [0.4, 0.5) is 0 Å². The van der Waals surface area contributed by atoms with Crippen molar-refractivity contribution in [3.05, 3.63) is 0 Å². The average molecular weight is 208 g/mol. The maximum absolute atomic E-state index is 2.81. The highest BCUT2D eigenvalue weighted by atomic mass is 15.3. The Balaban J connectivity index is 1.77. The topological polar surface area (TPSA) is 6.48 Å². The van der Waals surface area contributed by atoms with Crippen LogP contribution in [0.25, 0.3) is 0 Å². The summed E-state index contributed by atoms with van der Waals surface area (Å²) in [5.74, 6) is 0.987. The fourth-order valence-corrected chi connectivity index (χ4v) is 4.06. The highest BCUT2D eigenvalue weighted by Gasteiger charge is 2.46. The highest BCUT2D eigenvalue weighted by Crippen LogP contribution is 2.40. The molecule has 4 heterocycles. The molecule has 2 bridgehead atoms. The Morgan fingerprint density at radius 1 is 0.933 bits per heavy atom. The van der Waals surface area contributed by atoms with Crippen LogP contribution in [-0.4, -0.2) is 48.1 Å². The average Bonchev–Trinajstić information content (AvgIpc) is 2.31. The molecule has 2 nitrogen and oxygen atoms in total. The van der Waals surface area contributed by atoms with Crippen LogP contribution in [-0.2, 0) is 0 Å². The summed E-state index contributed by atoms with van der Waals surface area (Å²) in [6.45, 7) is 9.34. The van der Waals surface area contributed by atoms with Gasteiger partial charge < -0.3 is 4.90 Å². The van der Waals surface area contributed by atoms with Gasteiger partial charge in [-0.1, -0.05) is 6.42 Å². The fourth-order valence-electron chi connectivity index (χ4n) is 4.06. The summed E-state index contributed by atoms with van der Waals surface area (Å²) in [6, 6.07) is 0. The standard InChI is InChI=1S/C13H24N2/c1-13(15-7-3-2-4-8-15)11-14-9-5-12(13)6-10-14/h12H,2-11H2,1H3. The van der Waals surface area contributed by atoms with Gasteiger partial charge >= 0.3 is 0 Å². The number of nitrogens with zero attached hydrogens (tertiary/aromatic N) is 2. The molecule has 15 heavy (non-hydrogen) atoms. The van der Waals surface area contributed by atoms with E-state index in [4.69, 9.17) is 0 Å². The number of rotatable bonds is 1.